The summed E-state index contributed by atoms with van der Waals surface area (Å²) in [7, 11) is 0. The Balaban J connectivity index is 2.55. The summed E-state index contributed by atoms with van der Waals surface area (Å²) in [4.78, 5) is 19.5. The summed E-state index contributed by atoms with van der Waals surface area (Å²) in [6.45, 7) is 6.29. The van der Waals surface area contributed by atoms with Crippen molar-refractivity contribution in [1.29, 1.82) is 0 Å². The van der Waals surface area contributed by atoms with Crippen LogP contribution in [0.25, 0.3) is 0 Å². The highest BCUT2D eigenvalue weighted by molar-refractivity contribution is 5.78. The zero-order valence-corrected chi connectivity index (χ0v) is 11.7. The van der Waals surface area contributed by atoms with Crippen LogP contribution in [0.4, 0.5) is 0 Å². The van der Waals surface area contributed by atoms with E-state index in [0.717, 1.165) is 37.9 Å². The van der Waals surface area contributed by atoms with Gasteiger partial charge in [-0.1, -0.05) is 33.6 Å². The van der Waals surface area contributed by atoms with Crippen molar-refractivity contribution in [3.63, 3.8) is 0 Å². The molecule has 0 aliphatic heterocycles. The SMILES string of the molecule is CCCCC(CC)C(=O)NC(CC)c1ncc[nH]1. The number of imidazole rings is 1. The van der Waals surface area contributed by atoms with Crippen LogP contribution in [-0.2, 0) is 4.79 Å². The highest BCUT2D eigenvalue weighted by Crippen LogP contribution is 2.17. The fourth-order valence-corrected chi connectivity index (χ4v) is 2.09. The molecule has 4 nitrogen and oxygen atoms in total. The van der Waals surface area contributed by atoms with Gasteiger partial charge in [0.15, 0.2) is 0 Å². The van der Waals surface area contributed by atoms with Crippen LogP contribution in [-0.4, -0.2) is 15.9 Å². The fraction of sp³-hybridized carbons (Fsp3) is 0.714. The first kappa shape index (κ1) is 14.7. The minimum atomic E-state index is 0.00294. The summed E-state index contributed by atoms with van der Waals surface area (Å²) in [5.41, 5.74) is 0. The van der Waals surface area contributed by atoms with Crippen molar-refractivity contribution in [2.75, 3.05) is 0 Å². The Kier molecular flexibility index (Phi) is 6.47. The third-order valence-corrected chi connectivity index (χ3v) is 3.34. The van der Waals surface area contributed by atoms with Gasteiger partial charge in [0.25, 0.3) is 0 Å². The standard InChI is InChI=1S/C14H25N3O/c1-4-7-8-11(5-2)14(18)17-12(6-3)13-15-9-10-16-13/h9-12H,4-8H2,1-3H3,(H,15,16)(H,17,18). The molecule has 1 heterocycles. The van der Waals surface area contributed by atoms with Crippen LogP contribution in [0.15, 0.2) is 12.4 Å². The molecule has 0 aromatic carbocycles. The van der Waals surface area contributed by atoms with Gasteiger partial charge in [-0.3, -0.25) is 4.79 Å². The van der Waals surface area contributed by atoms with Crippen LogP contribution in [0.5, 0.6) is 0 Å². The average Bonchev–Trinajstić information content (AvgIpc) is 2.90. The highest BCUT2D eigenvalue weighted by Gasteiger charge is 2.20. The van der Waals surface area contributed by atoms with E-state index in [1.165, 1.54) is 0 Å². The van der Waals surface area contributed by atoms with E-state index in [1.807, 2.05) is 0 Å². The molecule has 1 aromatic rings. The number of H-pyrrole nitrogens is 1. The van der Waals surface area contributed by atoms with Gasteiger partial charge in [-0.05, 0) is 19.3 Å². The summed E-state index contributed by atoms with van der Waals surface area (Å²) in [6.07, 6.45) is 8.50. The third kappa shape index (κ3) is 4.17. The van der Waals surface area contributed by atoms with Crippen LogP contribution in [0.3, 0.4) is 0 Å². The van der Waals surface area contributed by atoms with E-state index in [9.17, 15) is 4.79 Å². The first-order valence-corrected chi connectivity index (χ1v) is 7.02. The van der Waals surface area contributed by atoms with E-state index >= 15 is 0 Å². The molecule has 1 rings (SSSR count). The Morgan fingerprint density at radius 2 is 2.17 bits per heavy atom. The maximum atomic E-state index is 12.2. The van der Waals surface area contributed by atoms with Crippen molar-refractivity contribution in [2.45, 2.75) is 58.9 Å². The second kappa shape index (κ2) is 7.90. The van der Waals surface area contributed by atoms with Gasteiger partial charge in [0.1, 0.15) is 5.82 Å². The van der Waals surface area contributed by atoms with Crippen LogP contribution < -0.4 is 5.32 Å². The van der Waals surface area contributed by atoms with Crippen molar-refractivity contribution in [2.24, 2.45) is 5.92 Å². The summed E-state index contributed by atoms with van der Waals surface area (Å²) < 4.78 is 0. The van der Waals surface area contributed by atoms with Gasteiger partial charge in [-0.2, -0.15) is 0 Å². The molecule has 18 heavy (non-hydrogen) atoms. The molecule has 0 bridgehead atoms. The molecule has 2 unspecified atom stereocenters. The molecule has 2 N–H and O–H groups in total. The van der Waals surface area contributed by atoms with E-state index < -0.39 is 0 Å². The molecule has 0 spiro atoms. The molecule has 4 heteroatoms. The van der Waals surface area contributed by atoms with Crippen LogP contribution in [0, 0.1) is 5.92 Å². The average molecular weight is 251 g/mol. The van der Waals surface area contributed by atoms with Gasteiger partial charge in [0.05, 0.1) is 6.04 Å². The molecule has 1 aromatic heterocycles. The Morgan fingerprint density at radius 1 is 1.39 bits per heavy atom. The number of rotatable bonds is 8. The van der Waals surface area contributed by atoms with Crippen molar-refractivity contribution < 1.29 is 4.79 Å². The maximum Gasteiger partial charge on any atom is 0.223 e. The maximum absolute atomic E-state index is 12.2. The summed E-state index contributed by atoms with van der Waals surface area (Å²) in [5, 5.41) is 3.10. The van der Waals surface area contributed by atoms with E-state index in [-0.39, 0.29) is 17.9 Å². The molecular weight excluding hydrogens is 226 g/mol. The monoisotopic (exact) mass is 251 g/mol. The zero-order valence-electron chi connectivity index (χ0n) is 11.7. The van der Waals surface area contributed by atoms with Crippen molar-refractivity contribution in [3.8, 4) is 0 Å². The van der Waals surface area contributed by atoms with Crippen molar-refractivity contribution in [3.05, 3.63) is 18.2 Å². The first-order valence-electron chi connectivity index (χ1n) is 7.02. The number of hydrogen-bond acceptors (Lipinski definition) is 2. The highest BCUT2D eigenvalue weighted by atomic mass is 16.1. The summed E-state index contributed by atoms with van der Waals surface area (Å²) in [6, 6.07) is 0.00294. The summed E-state index contributed by atoms with van der Waals surface area (Å²) in [5.74, 6) is 1.14. The second-order valence-electron chi connectivity index (χ2n) is 4.69. The Morgan fingerprint density at radius 3 is 2.67 bits per heavy atom. The first-order chi connectivity index (χ1) is 8.72. The minimum Gasteiger partial charge on any atom is -0.347 e. The molecule has 2 atom stereocenters. The van der Waals surface area contributed by atoms with Gasteiger partial charge < -0.3 is 10.3 Å². The number of carbonyl (C=O) groups excluding carboxylic acids is 1. The summed E-state index contributed by atoms with van der Waals surface area (Å²) >= 11 is 0. The van der Waals surface area contributed by atoms with Gasteiger partial charge in [0.2, 0.25) is 5.91 Å². The lowest BCUT2D eigenvalue weighted by molar-refractivity contribution is -0.126. The van der Waals surface area contributed by atoms with E-state index in [1.54, 1.807) is 12.4 Å². The molecule has 0 saturated carbocycles. The molecule has 102 valence electrons. The number of unbranched alkanes of at least 4 members (excludes halogenated alkanes) is 1. The lowest BCUT2D eigenvalue weighted by Crippen LogP contribution is -2.34. The molecular formula is C14H25N3O. The van der Waals surface area contributed by atoms with Gasteiger partial charge in [-0.25, -0.2) is 4.98 Å². The van der Waals surface area contributed by atoms with Gasteiger partial charge >= 0.3 is 0 Å². The third-order valence-electron chi connectivity index (χ3n) is 3.34. The van der Waals surface area contributed by atoms with Gasteiger partial charge in [0, 0.05) is 18.3 Å². The number of nitrogens with one attached hydrogen (secondary N) is 2. The molecule has 0 radical (unpaired) electrons. The number of aromatic amines is 1. The molecule has 0 aliphatic carbocycles. The number of hydrogen-bond donors (Lipinski definition) is 2. The molecule has 1 amide bonds. The topological polar surface area (TPSA) is 57.8 Å². The Hall–Kier alpha value is -1.32. The lowest BCUT2D eigenvalue weighted by Gasteiger charge is -2.19. The lowest BCUT2D eigenvalue weighted by atomic mass is 9.98. The predicted molar refractivity (Wildman–Crippen MR) is 73.1 cm³/mol. The van der Waals surface area contributed by atoms with Crippen LogP contribution in [0.2, 0.25) is 0 Å². The number of nitrogens with zero attached hydrogens (tertiary/aromatic N) is 1. The quantitative estimate of drug-likeness (QED) is 0.745. The van der Waals surface area contributed by atoms with Crippen LogP contribution >= 0.6 is 0 Å². The van der Waals surface area contributed by atoms with E-state index in [0.29, 0.717) is 0 Å². The van der Waals surface area contributed by atoms with E-state index in [4.69, 9.17) is 0 Å². The van der Waals surface area contributed by atoms with Crippen LogP contribution in [0.1, 0.15) is 64.7 Å². The Labute approximate surface area is 110 Å². The van der Waals surface area contributed by atoms with E-state index in [2.05, 4.69) is 36.1 Å². The Bertz CT molecular complexity index is 335. The zero-order chi connectivity index (χ0) is 13.4. The van der Waals surface area contributed by atoms with Gasteiger partial charge in [-0.15, -0.1) is 0 Å². The predicted octanol–water partition coefficient (Wildman–Crippen LogP) is 3.19. The normalized spacial score (nSPS) is 14.2. The van der Waals surface area contributed by atoms with Crippen molar-refractivity contribution >= 4 is 5.91 Å². The molecule has 0 saturated heterocycles. The van der Waals surface area contributed by atoms with Crippen molar-refractivity contribution in [1.82, 2.24) is 15.3 Å². The minimum absolute atomic E-state index is 0.00294. The number of carbonyl (C=O) groups is 1. The molecule has 0 fully saturated rings. The smallest absolute Gasteiger partial charge is 0.223 e. The fourth-order valence-electron chi connectivity index (χ4n) is 2.09. The second-order valence-corrected chi connectivity index (χ2v) is 4.69. The number of aromatic nitrogens is 2. The number of amides is 1. The largest absolute Gasteiger partial charge is 0.347 e. The molecule has 0 aliphatic rings.